The zero-order valence-electron chi connectivity index (χ0n) is 10.3. The van der Waals surface area contributed by atoms with Crippen LogP contribution >= 0.6 is 0 Å². The van der Waals surface area contributed by atoms with Crippen LogP contribution in [-0.4, -0.2) is 29.4 Å². The average Bonchev–Trinajstić information content (AvgIpc) is 2.79. The second kappa shape index (κ2) is 6.59. The summed E-state index contributed by atoms with van der Waals surface area (Å²) in [4.78, 5) is 22.1. The Morgan fingerprint density at radius 1 is 1.35 bits per heavy atom. The number of carbonyl (C=O) groups excluding carboxylic acids is 1. The molecule has 1 saturated carbocycles. The lowest BCUT2D eigenvalue weighted by atomic mass is 10.2. The Balaban J connectivity index is 2.40. The Hall–Kier alpha value is -1.10. The number of ether oxygens (including phenoxy) is 2. The third-order valence-corrected chi connectivity index (χ3v) is 2.95. The minimum Gasteiger partial charge on any atom is -0.481 e. The Morgan fingerprint density at radius 2 is 1.94 bits per heavy atom. The van der Waals surface area contributed by atoms with Gasteiger partial charge in [-0.05, 0) is 19.8 Å². The number of carbonyl (C=O) groups is 2. The quantitative estimate of drug-likeness (QED) is 0.439. The standard InChI is InChI=1S/C12H20O5/c1-3-10(16-9-6-4-5-7-9)17-12(15)8(2)11(13)14/h8-10H,3-7H2,1-2H3,(H,13,14). The van der Waals surface area contributed by atoms with Crippen LogP contribution in [0.25, 0.3) is 0 Å². The summed E-state index contributed by atoms with van der Waals surface area (Å²) in [7, 11) is 0. The van der Waals surface area contributed by atoms with E-state index in [1.165, 1.54) is 6.92 Å². The van der Waals surface area contributed by atoms with Crippen molar-refractivity contribution in [1.82, 2.24) is 0 Å². The summed E-state index contributed by atoms with van der Waals surface area (Å²) < 4.78 is 10.7. The Labute approximate surface area is 101 Å². The monoisotopic (exact) mass is 244 g/mol. The van der Waals surface area contributed by atoms with Crippen LogP contribution in [-0.2, 0) is 19.1 Å². The highest BCUT2D eigenvalue weighted by Crippen LogP contribution is 2.23. The lowest BCUT2D eigenvalue weighted by molar-refractivity contribution is -0.195. The molecule has 2 unspecified atom stereocenters. The SMILES string of the molecule is CCC(OC(=O)C(C)C(=O)O)OC1CCCC1. The van der Waals surface area contributed by atoms with E-state index in [9.17, 15) is 9.59 Å². The first-order valence-corrected chi connectivity index (χ1v) is 6.13. The normalized spacial score (nSPS) is 19.9. The van der Waals surface area contributed by atoms with Crippen LogP contribution in [0, 0.1) is 5.92 Å². The zero-order valence-corrected chi connectivity index (χ0v) is 10.3. The molecule has 0 aromatic rings. The highest BCUT2D eigenvalue weighted by molar-refractivity contribution is 5.93. The molecule has 5 nitrogen and oxygen atoms in total. The van der Waals surface area contributed by atoms with Crippen molar-refractivity contribution in [2.24, 2.45) is 5.92 Å². The Morgan fingerprint density at radius 3 is 2.41 bits per heavy atom. The number of aliphatic carboxylic acids is 1. The highest BCUT2D eigenvalue weighted by atomic mass is 16.7. The van der Waals surface area contributed by atoms with Crippen LogP contribution in [0.2, 0.25) is 0 Å². The van der Waals surface area contributed by atoms with Crippen molar-refractivity contribution in [2.75, 3.05) is 0 Å². The van der Waals surface area contributed by atoms with Crippen molar-refractivity contribution in [3.8, 4) is 0 Å². The molecule has 1 aliphatic carbocycles. The highest BCUT2D eigenvalue weighted by Gasteiger charge is 2.27. The number of hydrogen-bond donors (Lipinski definition) is 1. The van der Waals surface area contributed by atoms with Crippen LogP contribution in [0.15, 0.2) is 0 Å². The summed E-state index contributed by atoms with van der Waals surface area (Å²) in [6, 6.07) is 0. The maximum absolute atomic E-state index is 11.4. The molecule has 0 saturated heterocycles. The first-order valence-electron chi connectivity index (χ1n) is 6.13. The van der Waals surface area contributed by atoms with Gasteiger partial charge in [-0.2, -0.15) is 0 Å². The largest absolute Gasteiger partial charge is 0.481 e. The van der Waals surface area contributed by atoms with Crippen LogP contribution < -0.4 is 0 Å². The fourth-order valence-electron chi connectivity index (χ4n) is 1.78. The van der Waals surface area contributed by atoms with Crippen molar-refractivity contribution in [2.45, 2.75) is 58.3 Å². The molecule has 0 spiro atoms. The van der Waals surface area contributed by atoms with Crippen LogP contribution in [0.4, 0.5) is 0 Å². The third-order valence-electron chi connectivity index (χ3n) is 2.95. The molecule has 1 fully saturated rings. The molecule has 0 aliphatic heterocycles. The van der Waals surface area contributed by atoms with E-state index < -0.39 is 24.1 Å². The lowest BCUT2D eigenvalue weighted by Crippen LogP contribution is -2.30. The number of carboxylic acids is 1. The van der Waals surface area contributed by atoms with Gasteiger partial charge in [-0.1, -0.05) is 19.8 Å². The maximum atomic E-state index is 11.4. The van der Waals surface area contributed by atoms with E-state index in [4.69, 9.17) is 14.6 Å². The summed E-state index contributed by atoms with van der Waals surface area (Å²) in [5, 5.41) is 8.68. The Kier molecular flexibility index (Phi) is 5.41. The van der Waals surface area contributed by atoms with Gasteiger partial charge in [-0.25, -0.2) is 0 Å². The summed E-state index contributed by atoms with van der Waals surface area (Å²) in [5.41, 5.74) is 0. The molecule has 1 rings (SSSR count). The van der Waals surface area contributed by atoms with E-state index in [-0.39, 0.29) is 6.10 Å². The van der Waals surface area contributed by atoms with Crippen molar-refractivity contribution in [1.29, 1.82) is 0 Å². The second-order valence-corrected chi connectivity index (χ2v) is 4.38. The molecule has 0 aromatic carbocycles. The van der Waals surface area contributed by atoms with Gasteiger partial charge in [0.1, 0.15) is 0 Å². The number of esters is 1. The topological polar surface area (TPSA) is 72.8 Å². The van der Waals surface area contributed by atoms with Crippen LogP contribution in [0.5, 0.6) is 0 Å². The van der Waals surface area contributed by atoms with Crippen molar-refractivity contribution >= 4 is 11.9 Å². The smallest absolute Gasteiger partial charge is 0.322 e. The van der Waals surface area contributed by atoms with Gasteiger partial charge in [0.15, 0.2) is 5.92 Å². The molecule has 0 bridgehead atoms. The number of rotatable bonds is 6. The summed E-state index contributed by atoms with van der Waals surface area (Å²) in [5.74, 6) is -3.05. The van der Waals surface area contributed by atoms with Gasteiger partial charge >= 0.3 is 11.9 Å². The first-order chi connectivity index (χ1) is 8.04. The van der Waals surface area contributed by atoms with Gasteiger partial charge in [-0.15, -0.1) is 0 Å². The van der Waals surface area contributed by atoms with Crippen molar-refractivity contribution < 1.29 is 24.2 Å². The zero-order chi connectivity index (χ0) is 12.8. The molecule has 0 aromatic heterocycles. The molecule has 5 heteroatoms. The van der Waals surface area contributed by atoms with E-state index in [1.54, 1.807) is 0 Å². The van der Waals surface area contributed by atoms with Crippen molar-refractivity contribution in [3.63, 3.8) is 0 Å². The molecule has 0 heterocycles. The van der Waals surface area contributed by atoms with E-state index >= 15 is 0 Å². The average molecular weight is 244 g/mol. The predicted molar refractivity (Wildman–Crippen MR) is 60.3 cm³/mol. The van der Waals surface area contributed by atoms with E-state index in [0.29, 0.717) is 6.42 Å². The fraction of sp³-hybridized carbons (Fsp3) is 0.833. The van der Waals surface area contributed by atoms with Crippen LogP contribution in [0.3, 0.4) is 0 Å². The summed E-state index contributed by atoms with van der Waals surface area (Å²) >= 11 is 0. The Bertz CT molecular complexity index is 270. The number of carboxylic acid groups (broad SMARTS) is 1. The van der Waals surface area contributed by atoms with Gasteiger partial charge in [0.25, 0.3) is 0 Å². The molecular formula is C12H20O5. The van der Waals surface area contributed by atoms with E-state index in [0.717, 1.165) is 25.7 Å². The third kappa shape index (κ3) is 4.34. The molecule has 1 N–H and O–H groups in total. The minimum absolute atomic E-state index is 0.146. The molecule has 0 amide bonds. The van der Waals surface area contributed by atoms with Crippen LogP contribution in [0.1, 0.15) is 46.0 Å². The molecule has 2 atom stereocenters. The molecule has 1 aliphatic rings. The van der Waals surface area contributed by atoms with Gasteiger partial charge < -0.3 is 14.6 Å². The molecule has 0 radical (unpaired) electrons. The molecular weight excluding hydrogens is 224 g/mol. The lowest BCUT2D eigenvalue weighted by Gasteiger charge is -2.21. The minimum atomic E-state index is -1.18. The van der Waals surface area contributed by atoms with E-state index in [1.807, 2.05) is 6.92 Å². The molecule has 17 heavy (non-hydrogen) atoms. The first kappa shape index (κ1) is 14.0. The summed E-state index contributed by atoms with van der Waals surface area (Å²) in [6.45, 7) is 3.16. The van der Waals surface area contributed by atoms with Gasteiger partial charge in [-0.3, -0.25) is 9.59 Å². The fourth-order valence-corrected chi connectivity index (χ4v) is 1.78. The van der Waals surface area contributed by atoms with Gasteiger partial charge in [0, 0.05) is 6.42 Å². The van der Waals surface area contributed by atoms with Gasteiger partial charge in [0.05, 0.1) is 6.10 Å². The van der Waals surface area contributed by atoms with Gasteiger partial charge in [0.2, 0.25) is 6.29 Å². The van der Waals surface area contributed by atoms with E-state index in [2.05, 4.69) is 0 Å². The number of hydrogen-bond acceptors (Lipinski definition) is 4. The van der Waals surface area contributed by atoms with Crippen molar-refractivity contribution in [3.05, 3.63) is 0 Å². The second-order valence-electron chi connectivity index (χ2n) is 4.38. The summed E-state index contributed by atoms with van der Waals surface area (Å²) in [6.07, 6.45) is 4.32. The molecule has 98 valence electrons. The predicted octanol–water partition coefficient (Wildman–Crippen LogP) is 1.95. The maximum Gasteiger partial charge on any atom is 0.322 e.